The van der Waals surface area contributed by atoms with Gasteiger partial charge in [0.25, 0.3) is 0 Å². The number of guanidine groups is 1. The third-order valence-corrected chi connectivity index (χ3v) is 4.07. The van der Waals surface area contributed by atoms with Crippen LogP contribution in [0, 0.1) is 5.82 Å². The molecule has 0 heterocycles. The van der Waals surface area contributed by atoms with Crippen molar-refractivity contribution in [2.75, 3.05) is 0 Å². The Bertz CT molecular complexity index is 469. The third-order valence-electron chi connectivity index (χ3n) is 4.07. The van der Waals surface area contributed by atoms with E-state index in [-0.39, 0.29) is 35.8 Å². The molecule has 2 fully saturated rings. The van der Waals surface area contributed by atoms with Gasteiger partial charge in [0.1, 0.15) is 5.82 Å². The van der Waals surface area contributed by atoms with Crippen molar-refractivity contribution < 1.29 is 4.39 Å². The van der Waals surface area contributed by atoms with Crippen LogP contribution in [0.25, 0.3) is 0 Å². The van der Waals surface area contributed by atoms with E-state index in [2.05, 4.69) is 10.3 Å². The molecule has 3 N–H and O–H groups in total. The van der Waals surface area contributed by atoms with Crippen LogP contribution in [0.1, 0.15) is 43.6 Å². The fraction of sp³-hybridized carbons (Fsp3) is 0.533. The molecule has 0 aliphatic heterocycles. The highest BCUT2D eigenvalue weighted by atomic mass is 127. The third kappa shape index (κ3) is 3.84. The van der Waals surface area contributed by atoms with E-state index in [1.165, 1.54) is 37.8 Å². The molecule has 0 spiro atoms. The van der Waals surface area contributed by atoms with Gasteiger partial charge in [-0.1, -0.05) is 25.0 Å². The summed E-state index contributed by atoms with van der Waals surface area (Å²) in [4.78, 5) is 4.52. The lowest BCUT2D eigenvalue weighted by Crippen LogP contribution is -2.38. The van der Waals surface area contributed by atoms with Crippen LogP contribution in [0.2, 0.25) is 0 Å². The van der Waals surface area contributed by atoms with Crippen LogP contribution in [0.15, 0.2) is 29.3 Å². The van der Waals surface area contributed by atoms with Crippen LogP contribution < -0.4 is 11.1 Å². The monoisotopic (exact) mass is 389 g/mol. The average Bonchev–Trinajstić information content (AvgIpc) is 2.95. The Morgan fingerprint density at radius 3 is 2.50 bits per heavy atom. The van der Waals surface area contributed by atoms with Crippen LogP contribution in [-0.2, 0) is 0 Å². The van der Waals surface area contributed by atoms with Crippen LogP contribution in [0.4, 0.5) is 4.39 Å². The van der Waals surface area contributed by atoms with Crippen LogP contribution in [0.5, 0.6) is 0 Å². The maximum atomic E-state index is 12.8. The molecule has 0 radical (unpaired) electrons. The van der Waals surface area contributed by atoms with Gasteiger partial charge < -0.3 is 11.1 Å². The number of aliphatic imine (C=N–C) groups is 1. The van der Waals surface area contributed by atoms with Crippen molar-refractivity contribution in [2.45, 2.75) is 50.1 Å². The lowest BCUT2D eigenvalue weighted by Gasteiger charge is -2.12. The van der Waals surface area contributed by atoms with Crippen LogP contribution >= 0.6 is 24.0 Å². The molecule has 1 aromatic carbocycles. The molecule has 110 valence electrons. The number of hydrogen-bond acceptors (Lipinski definition) is 1. The normalized spacial score (nSPS) is 26.1. The summed E-state index contributed by atoms with van der Waals surface area (Å²) >= 11 is 0. The predicted octanol–water partition coefficient (Wildman–Crippen LogP) is 3.15. The summed E-state index contributed by atoms with van der Waals surface area (Å²) in [6.45, 7) is 0. The van der Waals surface area contributed by atoms with Gasteiger partial charge in [-0.2, -0.15) is 0 Å². The highest BCUT2D eigenvalue weighted by Crippen LogP contribution is 2.43. The van der Waals surface area contributed by atoms with Gasteiger partial charge in [-0.3, -0.25) is 0 Å². The highest BCUT2D eigenvalue weighted by Gasteiger charge is 2.38. The molecule has 0 amide bonds. The minimum absolute atomic E-state index is 0. The molecule has 0 unspecified atom stereocenters. The van der Waals surface area contributed by atoms with Gasteiger partial charge >= 0.3 is 0 Å². The summed E-state index contributed by atoms with van der Waals surface area (Å²) in [7, 11) is 0. The molecule has 2 saturated carbocycles. The first-order valence-corrected chi connectivity index (χ1v) is 7.07. The molecule has 5 heteroatoms. The predicted molar refractivity (Wildman–Crippen MR) is 90.0 cm³/mol. The first kappa shape index (κ1) is 15.5. The standard InChI is InChI=1S/C15H20FN3.HI/c16-11-7-5-10(6-8-11)13-9-14(13)19-15(17)18-12-3-1-2-4-12;/h5-8,12-14H,1-4,9H2,(H3,17,18,19);1H/t13-,14+;/m0./s1. The Balaban J connectivity index is 0.00000147. The molecule has 2 aliphatic rings. The number of nitrogens with two attached hydrogens (primary N) is 1. The van der Waals surface area contributed by atoms with Crippen LogP contribution in [0.3, 0.4) is 0 Å². The largest absolute Gasteiger partial charge is 0.370 e. The number of nitrogens with zero attached hydrogens (tertiary/aromatic N) is 1. The summed E-state index contributed by atoms with van der Waals surface area (Å²) < 4.78 is 12.8. The van der Waals surface area contributed by atoms with E-state index in [1.807, 2.05) is 12.1 Å². The molecule has 20 heavy (non-hydrogen) atoms. The van der Waals surface area contributed by atoms with Crippen molar-refractivity contribution in [3.8, 4) is 0 Å². The van der Waals surface area contributed by atoms with Gasteiger partial charge in [0.2, 0.25) is 0 Å². The maximum absolute atomic E-state index is 12.8. The van der Waals surface area contributed by atoms with E-state index in [0.29, 0.717) is 17.9 Å². The minimum atomic E-state index is -0.188. The Morgan fingerprint density at radius 1 is 1.20 bits per heavy atom. The molecule has 2 aliphatic carbocycles. The molecule has 0 aromatic heterocycles. The maximum Gasteiger partial charge on any atom is 0.189 e. The van der Waals surface area contributed by atoms with Gasteiger partial charge in [-0.15, -0.1) is 24.0 Å². The summed E-state index contributed by atoms with van der Waals surface area (Å²) in [5, 5.41) is 3.30. The van der Waals surface area contributed by atoms with Gasteiger partial charge in [0.15, 0.2) is 5.96 Å². The quantitative estimate of drug-likeness (QED) is 0.474. The van der Waals surface area contributed by atoms with Gasteiger partial charge in [-0.05, 0) is 37.0 Å². The second-order valence-electron chi connectivity index (χ2n) is 5.60. The van der Waals surface area contributed by atoms with Crippen molar-refractivity contribution in [1.29, 1.82) is 0 Å². The Hall–Kier alpha value is -0.850. The smallest absolute Gasteiger partial charge is 0.189 e. The zero-order valence-corrected chi connectivity index (χ0v) is 13.7. The molecule has 2 atom stereocenters. The zero-order valence-electron chi connectivity index (χ0n) is 11.4. The van der Waals surface area contributed by atoms with Gasteiger partial charge in [-0.25, -0.2) is 9.38 Å². The Labute approximate surface area is 136 Å². The molecule has 3 nitrogen and oxygen atoms in total. The molecular formula is C15H21FIN3. The fourth-order valence-electron chi connectivity index (χ4n) is 2.89. The Morgan fingerprint density at radius 2 is 1.85 bits per heavy atom. The first-order valence-electron chi connectivity index (χ1n) is 7.07. The summed E-state index contributed by atoms with van der Waals surface area (Å²) in [6.07, 6.45) is 5.97. The molecule has 1 aromatic rings. The summed E-state index contributed by atoms with van der Waals surface area (Å²) in [5.41, 5.74) is 7.09. The van der Waals surface area contributed by atoms with Crippen molar-refractivity contribution >= 4 is 29.9 Å². The van der Waals surface area contributed by atoms with Crippen LogP contribution in [-0.4, -0.2) is 18.0 Å². The van der Waals surface area contributed by atoms with E-state index >= 15 is 0 Å². The van der Waals surface area contributed by atoms with Crippen molar-refractivity contribution in [3.63, 3.8) is 0 Å². The number of benzene rings is 1. The summed E-state index contributed by atoms with van der Waals surface area (Å²) in [6, 6.07) is 7.47. The van der Waals surface area contributed by atoms with E-state index in [9.17, 15) is 4.39 Å². The van der Waals surface area contributed by atoms with Gasteiger partial charge in [0.05, 0.1) is 6.04 Å². The highest BCUT2D eigenvalue weighted by molar-refractivity contribution is 14.0. The lowest BCUT2D eigenvalue weighted by atomic mass is 10.1. The summed E-state index contributed by atoms with van der Waals surface area (Å²) in [5.74, 6) is 0.790. The average molecular weight is 389 g/mol. The van der Waals surface area contributed by atoms with Crippen molar-refractivity contribution in [1.82, 2.24) is 5.32 Å². The first-order chi connectivity index (χ1) is 9.22. The second kappa shape index (κ2) is 6.74. The topological polar surface area (TPSA) is 50.4 Å². The second-order valence-corrected chi connectivity index (χ2v) is 5.60. The number of nitrogens with one attached hydrogen (secondary N) is 1. The van der Waals surface area contributed by atoms with Crippen molar-refractivity contribution in [2.24, 2.45) is 10.7 Å². The fourth-order valence-corrected chi connectivity index (χ4v) is 2.89. The van der Waals surface area contributed by atoms with Crippen molar-refractivity contribution in [3.05, 3.63) is 35.6 Å². The van der Waals surface area contributed by atoms with Gasteiger partial charge in [0, 0.05) is 12.0 Å². The lowest BCUT2D eigenvalue weighted by molar-refractivity contribution is 0.624. The molecular weight excluding hydrogens is 368 g/mol. The SMILES string of the molecule is I.NC(=N[C@@H]1C[C@H]1c1ccc(F)cc1)NC1CCCC1. The minimum Gasteiger partial charge on any atom is -0.370 e. The van der Waals surface area contributed by atoms with E-state index in [0.717, 1.165) is 12.0 Å². The molecule has 3 rings (SSSR count). The molecule has 0 saturated heterocycles. The van der Waals surface area contributed by atoms with E-state index in [1.54, 1.807) is 0 Å². The zero-order chi connectivity index (χ0) is 13.2. The number of hydrogen-bond donors (Lipinski definition) is 2. The Kier molecular flexibility index (Phi) is 5.23. The number of halogens is 2. The molecule has 0 bridgehead atoms. The van der Waals surface area contributed by atoms with E-state index < -0.39 is 0 Å². The van der Waals surface area contributed by atoms with E-state index in [4.69, 9.17) is 5.73 Å². The number of rotatable bonds is 3.